The number of rotatable bonds is 4. The molecule has 6 nitrogen and oxygen atoms in total. The summed E-state index contributed by atoms with van der Waals surface area (Å²) >= 11 is 2.94. The van der Waals surface area contributed by atoms with Gasteiger partial charge in [-0.25, -0.2) is 14.6 Å². The lowest BCUT2D eigenvalue weighted by Crippen LogP contribution is -2.70. The second-order valence-electron chi connectivity index (χ2n) is 10.5. The molecule has 1 saturated carbocycles. The van der Waals surface area contributed by atoms with Crippen molar-refractivity contribution in [2.24, 2.45) is 23.7 Å². The van der Waals surface area contributed by atoms with Crippen molar-refractivity contribution >= 4 is 28.8 Å². The van der Waals surface area contributed by atoms with Crippen molar-refractivity contribution in [2.75, 3.05) is 12.4 Å². The van der Waals surface area contributed by atoms with Crippen LogP contribution < -0.4 is 0 Å². The van der Waals surface area contributed by atoms with Crippen LogP contribution in [0.4, 0.5) is 4.79 Å². The maximum atomic E-state index is 11.9. The molecule has 4 saturated heterocycles. The van der Waals surface area contributed by atoms with E-state index in [-0.39, 0.29) is 15.5 Å². The van der Waals surface area contributed by atoms with Gasteiger partial charge in [0.15, 0.2) is 11.9 Å². The monoisotopic (exact) mass is 460 g/mol. The molecule has 0 aromatic rings. The molecule has 172 valence electrons. The molecule has 5 rings (SSSR count). The average Bonchev–Trinajstić information content (AvgIpc) is 2.87. The Bertz CT molecular complexity index is 654. The third kappa shape index (κ3) is 4.29. The number of hydrogen-bond donors (Lipinski definition) is 0. The summed E-state index contributed by atoms with van der Waals surface area (Å²) in [4.78, 5) is 24.0. The number of thioether (sulfide) groups is 2. The van der Waals surface area contributed by atoms with Crippen molar-refractivity contribution in [1.29, 1.82) is 0 Å². The van der Waals surface area contributed by atoms with Gasteiger partial charge in [0, 0.05) is 22.8 Å². The molecule has 5 fully saturated rings. The van der Waals surface area contributed by atoms with Crippen molar-refractivity contribution in [2.45, 2.75) is 95.1 Å². The highest BCUT2D eigenvalue weighted by Gasteiger charge is 2.69. The molecule has 0 amide bonds. The van der Waals surface area contributed by atoms with Crippen LogP contribution in [0, 0.1) is 23.7 Å². The Morgan fingerprint density at radius 2 is 1.90 bits per heavy atom. The number of carbonyl (C=O) groups is 1. The van der Waals surface area contributed by atoms with Crippen LogP contribution in [0.1, 0.15) is 67.2 Å². The molecule has 1 spiro atoms. The van der Waals surface area contributed by atoms with Crippen molar-refractivity contribution in [3.05, 3.63) is 0 Å². The maximum absolute atomic E-state index is 11.9. The Labute approximate surface area is 188 Å². The van der Waals surface area contributed by atoms with Gasteiger partial charge in [-0.05, 0) is 55.7 Å². The average molecular weight is 461 g/mol. The number of ether oxygens (including phenoxy) is 3. The van der Waals surface area contributed by atoms with E-state index in [4.69, 9.17) is 24.0 Å². The molecule has 0 aromatic carbocycles. The second kappa shape index (κ2) is 8.41. The molecule has 5 aliphatic rings. The first-order valence-electron chi connectivity index (χ1n) is 11.2. The van der Waals surface area contributed by atoms with E-state index in [9.17, 15) is 4.79 Å². The molecule has 0 N–H and O–H groups in total. The molecule has 4 heterocycles. The highest BCUT2D eigenvalue weighted by molar-refractivity contribution is 8.14. The van der Waals surface area contributed by atoms with E-state index in [0.29, 0.717) is 36.0 Å². The predicted octanol–water partition coefficient (Wildman–Crippen LogP) is 5.60. The van der Waals surface area contributed by atoms with Crippen LogP contribution >= 0.6 is 23.5 Å². The molecule has 0 radical (unpaired) electrons. The van der Waals surface area contributed by atoms with Crippen molar-refractivity contribution in [3.63, 3.8) is 0 Å². The van der Waals surface area contributed by atoms with Crippen LogP contribution in [-0.4, -0.2) is 45.5 Å². The molecular formula is C22H36O6S2. The molecule has 4 aliphatic heterocycles. The van der Waals surface area contributed by atoms with Gasteiger partial charge in [-0.1, -0.05) is 34.6 Å². The lowest BCUT2D eigenvalue weighted by atomic mass is 9.58. The zero-order chi connectivity index (χ0) is 21.7. The summed E-state index contributed by atoms with van der Waals surface area (Å²) in [6.45, 7) is 12.9. The first kappa shape index (κ1) is 23.2. The Kier molecular flexibility index (Phi) is 6.50. The van der Waals surface area contributed by atoms with Gasteiger partial charge in [0.2, 0.25) is 5.79 Å². The number of carbonyl (C=O) groups excluding carboxylic acids is 1. The Balaban J connectivity index is 1.41. The molecule has 0 unspecified atom stereocenters. The summed E-state index contributed by atoms with van der Waals surface area (Å²) in [6.07, 6.45) is 3.75. The number of fused-ring (bicyclic) bond motifs is 2. The first-order chi connectivity index (χ1) is 14.0. The summed E-state index contributed by atoms with van der Waals surface area (Å²) in [7, 11) is 0. The van der Waals surface area contributed by atoms with Gasteiger partial charge in [-0.15, -0.1) is 11.8 Å². The zero-order valence-corrected chi connectivity index (χ0v) is 20.6. The molecule has 2 bridgehead atoms. The van der Waals surface area contributed by atoms with E-state index < -0.39 is 17.7 Å². The Hall–Kier alpha value is 0.01000. The molecule has 30 heavy (non-hydrogen) atoms. The standard InChI is InChI=1S/C22H36O6S2/c1-13-7-8-16-14(2)17(29-12-11-24-19(23)30-20(3,4)5)25-18-22(16)15(13)9-10-21(6,26-18)27-28-22/h13-18H,7-12H2,1-6H3/t13-,14-,15+,16+,17+,18-,21+,22-/m1/s1. The lowest BCUT2D eigenvalue weighted by molar-refractivity contribution is -0.568. The summed E-state index contributed by atoms with van der Waals surface area (Å²) < 4.78 is 18.2. The van der Waals surface area contributed by atoms with Gasteiger partial charge in [-0.2, -0.15) is 0 Å². The largest absolute Gasteiger partial charge is 0.457 e. The van der Waals surface area contributed by atoms with Gasteiger partial charge in [0.25, 0.3) is 0 Å². The second-order valence-corrected chi connectivity index (χ2v) is 13.4. The van der Waals surface area contributed by atoms with Crippen LogP contribution in [-0.2, 0) is 24.0 Å². The zero-order valence-electron chi connectivity index (χ0n) is 19.0. The normalized spacial score (nSPS) is 45.5. The third-order valence-corrected chi connectivity index (χ3v) is 9.24. The Morgan fingerprint density at radius 1 is 1.13 bits per heavy atom. The third-order valence-electron chi connectivity index (χ3n) is 7.07. The molecular weight excluding hydrogens is 424 g/mol. The summed E-state index contributed by atoms with van der Waals surface area (Å²) in [5, 5.41) is -0.216. The van der Waals surface area contributed by atoms with Crippen molar-refractivity contribution in [1.82, 2.24) is 0 Å². The van der Waals surface area contributed by atoms with Gasteiger partial charge in [0.05, 0.1) is 0 Å². The summed E-state index contributed by atoms with van der Waals surface area (Å²) in [5.74, 6) is 1.54. The van der Waals surface area contributed by atoms with Crippen LogP contribution in [0.3, 0.4) is 0 Å². The van der Waals surface area contributed by atoms with Gasteiger partial charge >= 0.3 is 5.30 Å². The van der Waals surface area contributed by atoms with Crippen LogP contribution in [0.5, 0.6) is 0 Å². The van der Waals surface area contributed by atoms with Gasteiger partial charge in [0.1, 0.15) is 12.0 Å². The van der Waals surface area contributed by atoms with E-state index in [1.165, 1.54) is 18.2 Å². The molecule has 1 aliphatic carbocycles. The van der Waals surface area contributed by atoms with E-state index in [1.807, 2.05) is 27.7 Å². The fourth-order valence-electron chi connectivity index (χ4n) is 5.63. The topological polar surface area (TPSA) is 63.2 Å². The summed E-state index contributed by atoms with van der Waals surface area (Å²) in [6, 6.07) is 0. The van der Waals surface area contributed by atoms with Crippen LogP contribution in [0.25, 0.3) is 0 Å². The SMILES string of the molecule is C[C@H]1[C@H](SCCOC(=O)SC(C)(C)C)O[C@@H]2O[C@]3(C)CC[C@H]4[C@H](C)CC[C@@H]1[C@@]24OO3. The van der Waals surface area contributed by atoms with Gasteiger partial charge < -0.3 is 14.2 Å². The molecule has 0 aromatic heterocycles. The minimum absolute atomic E-state index is 0.0137. The van der Waals surface area contributed by atoms with E-state index >= 15 is 0 Å². The predicted molar refractivity (Wildman–Crippen MR) is 118 cm³/mol. The number of hydrogen-bond acceptors (Lipinski definition) is 8. The molecule has 8 heteroatoms. The minimum atomic E-state index is -0.743. The van der Waals surface area contributed by atoms with E-state index in [0.717, 1.165) is 19.3 Å². The quantitative estimate of drug-likeness (QED) is 0.305. The van der Waals surface area contributed by atoms with Crippen LogP contribution in [0.2, 0.25) is 0 Å². The van der Waals surface area contributed by atoms with Crippen molar-refractivity contribution in [3.8, 4) is 0 Å². The highest BCUT2D eigenvalue weighted by atomic mass is 32.2. The lowest BCUT2D eigenvalue weighted by Gasteiger charge is -2.60. The smallest absolute Gasteiger partial charge is 0.367 e. The van der Waals surface area contributed by atoms with Crippen molar-refractivity contribution < 1.29 is 28.8 Å². The molecule has 8 atom stereocenters. The fraction of sp³-hybridized carbons (Fsp3) is 0.955. The Morgan fingerprint density at radius 3 is 2.63 bits per heavy atom. The van der Waals surface area contributed by atoms with Crippen LogP contribution in [0.15, 0.2) is 0 Å². The van der Waals surface area contributed by atoms with E-state index in [2.05, 4.69) is 13.8 Å². The fourth-order valence-corrected chi connectivity index (χ4v) is 7.36. The minimum Gasteiger partial charge on any atom is -0.457 e. The highest BCUT2D eigenvalue weighted by Crippen LogP contribution is 2.61. The van der Waals surface area contributed by atoms with E-state index in [1.54, 1.807) is 11.8 Å². The summed E-state index contributed by atoms with van der Waals surface area (Å²) in [5.41, 5.74) is -0.528. The van der Waals surface area contributed by atoms with Gasteiger partial charge in [-0.3, -0.25) is 0 Å². The first-order valence-corrected chi connectivity index (χ1v) is 13.1. The maximum Gasteiger partial charge on any atom is 0.367 e.